The molecule has 1 saturated heterocycles. The van der Waals surface area contributed by atoms with Crippen LogP contribution in [0.5, 0.6) is 17.2 Å². The Balaban J connectivity index is 1.46. The molecule has 0 bridgehead atoms. The molecule has 2 aromatic rings. The van der Waals surface area contributed by atoms with Gasteiger partial charge in [0.05, 0.1) is 19.2 Å². The van der Waals surface area contributed by atoms with E-state index in [1.54, 1.807) is 31.3 Å². The van der Waals surface area contributed by atoms with Gasteiger partial charge in [0.25, 0.3) is 5.91 Å². The fourth-order valence-corrected chi connectivity index (χ4v) is 4.46. The van der Waals surface area contributed by atoms with E-state index < -0.39 is 0 Å². The highest BCUT2D eigenvalue weighted by molar-refractivity contribution is 6.33. The highest BCUT2D eigenvalue weighted by atomic mass is 35.5. The number of halogens is 1. The van der Waals surface area contributed by atoms with Gasteiger partial charge >= 0.3 is 0 Å². The number of amides is 1. The van der Waals surface area contributed by atoms with E-state index in [0.717, 1.165) is 30.9 Å². The third kappa shape index (κ3) is 4.87. The molecule has 0 saturated carbocycles. The van der Waals surface area contributed by atoms with E-state index in [4.69, 9.17) is 25.8 Å². The molecule has 2 aromatic carbocycles. The molecule has 1 amide bonds. The zero-order valence-electron chi connectivity index (χ0n) is 18.6. The van der Waals surface area contributed by atoms with Crippen LogP contribution in [0.2, 0.25) is 5.02 Å². The summed E-state index contributed by atoms with van der Waals surface area (Å²) in [5.74, 6) is 1.83. The van der Waals surface area contributed by atoms with Crippen molar-refractivity contribution in [2.75, 3.05) is 51.9 Å². The first-order chi connectivity index (χ1) is 15.6. The lowest BCUT2D eigenvalue weighted by Crippen LogP contribution is -2.33. The smallest absolute Gasteiger partial charge is 0.258 e. The van der Waals surface area contributed by atoms with Crippen molar-refractivity contribution < 1.29 is 19.0 Å². The molecule has 0 N–H and O–H groups in total. The molecule has 0 aromatic heterocycles. The van der Waals surface area contributed by atoms with Gasteiger partial charge in [0, 0.05) is 24.4 Å². The van der Waals surface area contributed by atoms with Gasteiger partial charge in [-0.25, -0.2) is 0 Å². The van der Waals surface area contributed by atoms with Gasteiger partial charge in [-0.05, 0) is 61.8 Å². The second-order valence-electron chi connectivity index (χ2n) is 7.97. The number of rotatable bonds is 8. The summed E-state index contributed by atoms with van der Waals surface area (Å²) in [4.78, 5) is 17.3. The average Bonchev–Trinajstić information content (AvgIpc) is 3.21. The summed E-state index contributed by atoms with van der Waals surface area (Å²) in [6.07, 6.45) is 5.76. The number of carbonyl (C=O) groups excluding carboxylic acids is 1. The first-order valence-electron chi connectivity index (χ1n) is 11.0. The van der Waals surface area contributed by atoms with Crippen molar-refractivity contribution in [2.24, 2.45) is 0 Å². The Morgan fingerprint density at radius 1 is 0.938 bits per heavy atom. The molecule has 2 heterocycles. The molecule has 1 fully saturated rings. The SMILES string of the molecule is COc1ccc(N2CC=C(c3ccc(OC)c(OCCN4CCCCC4)c3)C2=O)cc1Cl. The van der Waals surface area contributed by atoms with E-state index in [2.05, 4.69) is 4.90 Å². The van der Waals surface area contributed by atoms with E-state index >= 15 is 0 Å². The Bertz CT molecular complexity index is 1000. The zero-order valence-corrected chi connectivity index (χ0v) is 19.4. The summed E-state index contributed by atoms with van der Waals surface area (Å²) in [6, 6.07) is 11.0. The average molecular weight is 457 g/mol. The fourth-order valence-electron chi connectivity index (χ4n) is 4.21. The normalized spacial score (nSPS) is 16.8. The van der Waals surface area contributed by atoms with Crippen LogP contribution in [0.1, 0.15) is 24.8 Å². The van der Waals surface area contributed by atoms with Gasteiger partial charge in [-0.1, -0.05) is 30.2 Å². The number of piperidine rings is 1. The Morgan fingerprint density at radius 2 is 1.69 bits per heavy atom. The van der Waals surface area contributed by atoms with Gasteiger partial charge in [0.1, 0.15) is 12.4 Å². The third-order valence-corrected chi connectivity index (χ3v) is 6.28. The minimum atomic E-state index is -0.0735. The Morgan fingerprint density at radius 3 is 2.41 bits per heavy atom. The molecule has 2 aliphatic rings. The molecule has 6 nitrogen and oxygen atoms in total. The van der Waals surface area contributed by atoms with Gasteiger partial charge in [-0.15, -0.1) is 0 Å². The summed E-state index contributed by atoms with van der Waals surface area (Å²) < 4.78 is 16.8. The topological polar surface area (TPSA) is 51.2 Å². The van der Waals surface area contributed by atoms with Gasteiger partial charge in [0.15, 0.2) is 11.5 Å². The van der Waals surface area contributed by atoms with Crippen LogP contribution in [0.4, 0.5) is 5.69 Å². The number of nitrogens with zero attached hydrogens (tertiary/aromatic N) is 2. The van der Waals surface area contributed by atoms with Crippen molar-refractivity contribution >= 4 is 28.8 Å². The minimum Gasteiger partial charge on any atom is -0.495 e. The predicted molar refractivity (Wildman–Crippen MR) is 127 cm³/mol. The van der Waals surface area contributed by atoms with Gasteiger partial charge in [-0.3, -0.25) is 9.69 Å². The number of anilines is 1. The minimum absolute atomic E-state index is 0.0735. The molecule has 4 rings (SSSR count). The highest BCUT2D eigenvalue weighted by Crippen LogP contribution is 2.35. The summed E-state index contributed by atoms with van der Waals surface area (Å²) in [5.41, 5.74) is 2.19. The molecule has 170 valence electrons. The molecule has 7 heteroatoms. The van der Waals surface area contributed by atoms with E-state index in [1.807, 2.05) is 30.3 Å². The largest absolute Gasteiger partial charge is 0.495 e. The van der Waals surface area contributed by atoms with Crippen LogP contribution < -0.4 is 19.1 Å². The standard InChI is InChI=1S/C25H29ClN2O4/c1-30-22-9-7-19(17-21(22)26)28-13-10-20(25(28)29)18-6-8-23(31-2)24(16-18)32-15-14-27-11-4-3-5-12-27/h6-10,16-17H,3-5,11-15H2,1-2H3. The maximum Gasteiger partial charge on any atom is 0.258 e. The summed E-state index contributed by atoms with van der Waals surface area (Å²) in [6.45, 7) is 4.22. The van der Waals surface area contributed by atoms with Gasteiger partial charge < -0.3 is 19.1 Å². The molecule has 32 heavy (non-hydrogen) atoms. The molecule has 0 radical (unpaired) electrons. The molecule has 0 atom stereocenters. The van der Waals surface area contributed by atoms with Crippen molar-refractivity contribution in [3.05, 3.63) is 53.1 Å². The number of hydrogen-bond acceptors (Lipinski definition) is 5. The van der Waals surface area contributed by atoms with Crippen LogP contribution in [0, 0.1) is 0 Å². The number of methoxy groups -OCH3 is 2. The maximum absolute atomic E-state index is 13.2. The fraction of sp³-hybridized carbons (Fsp3) is 0.400. The number of benzene rings is 2. The van der Waals surface area contributed by atoms with E-state index in [9.17, 15) is 4.79 Å². The first-order valence-corrected chi connectivity index (χ1v) is 11.4. The van der Waals surface area contributed by atoms with Crippen molar-refractivity contribution in [1.82, 2.24) is 4.90 Å². The molecule has 0 aliphatic carbocycles. The lowest BCUT2D eigenvalue weighted by molar-refractivity contribution is -0.112. The van der Waals surface area contributed by atoms with Crippen LogP contribution in [0.15, 0.2) is 42.5 Å². The van der Waals surface area contributed by atoms with E-state index in [0.29, 0.717) is 41.0 Å². The Labute approximate surface area is 194 Å². The van der Waals surface area contributed by atoms with E-state index in [-0.39, 0.29) is 5.91 Å². The highest BCUT2D eigenvalue weighted by Gasteiger charge is 2.27. The molecule has 0 unspecified atom stereocenters. The van der Waals surface area contributed by atoms with E-state index in [1.165, 1.54) is 19.3 Å². The van der Waals surface area contributed by atoms with Crippen LogP contribution in [-0.4, -0.2) is 57.8 Å². The molecule has 2 aliphatic heterocycles. The van der Waals surface area contributed by atoms with Crippen LogP contribution in [-0.2, 0) is 4.79 Å². The Hall–Kier alpha value is -2.70. The third-order valence-electron chi connectivity index (χ3n) is 5.99. The number of ether oxygens (including phenoxy) is 3. The lowest BCUT2D eigenvalue weighted by Gasteiger charge is -2.26. The van der Waals surface area contributed by atoms with Crippen molar-refractivity contribution in [3.8, 4) is 17.2 Å². The molecular formula is C25H29ClN2O4. The van der Waals surface area contributed by atoms with Crippen molar-refractivity contribution in [2.45, 2.75) is 19.3 Å². The monoisotopic (exact) mass is 456 g/mol. The van der Waals surface area contributed by atoms with Gasteiger partial charge in [-0.2, -0.15) is 0 Å². The lowest BCUT2D eigenvalue weighted by atomic mass is 10.1. The number of carbonyl (C=O) groups is 1. The van der Waals surface area contributed by atoms with Crippen molar-refractivity contribution in [1.29, 1.82) is 0 Å². The molecular weight excluding hydrogens is 428 g/mol. The maximum atomic E-state index is 13.2. The quantitative estimate of drug-likeness (QED) is 0.578. The zero-order chi connectivity index (χ0) is 22.5. The van der Waals surface area contributed by atoms with Gasteiger partial charge in [0.2, 0.25) is 0 Å². The first kappa shape index (κ1) is 22.5. The second-order valence-corrected chi connectivity index (χ2v) is 8.38. The van der Waals surface area contributed by atoms with Crippen LogP contribution in [0.25, 0.3) is 5.57 Å². The second kappa shape index (κ2) is 10.3. The summed E-state index contributed by atoms with van der Waals surface area (Å²) in [7, 11) is 3.19. The van der Waals surface area contributed by atoms with Crippen LogP contribution >= 0.6 is 11.6 Å². The van der Waals surface area contributed by atoms with Crippen molar-refractivity contribution in [3.63, 3.8) is 0 Å². The number of likely N-dealkylation sites (tertiary alicyclic amines) is 1. The predicted octanol–water partition coefficient (Wildman–Crippen LogP) is 4.65. The summed E-state index contributed by atoms with van der Waals surface area (Å²) >= 11 is 6.25. The summed E-state index contributed by atoms with van der Waals surface area (Å²) in [5, 5.41) is 0.472. The Kier molecular flexibility index (Phi) is 7.22. The molecule has 0 spiro atoms. The van der Waals surface area contributed by atoms with Crippen LogP contribution in [0.3, 0.4) is 0 Å². The number of hydrogen-bond donors (Lipinski definition) is 0.